The lowest BCUT2D eigenvalue weighted by molar-refractivity contribution is 0.341. The summed E-state index contributed by atoms with van der Waals surface area (Å²) in [6.45, 7) is 0.828. The number of nitrogens with one attached hydrogen (secondary N) is 1. The molecule has 0 aliphatic heterocycles. The van der Waals surface area contributed by atoms with Crippen molar-refractivity contribution in [3.05, 3.63) is 29.8 Å². The van der Waals surface area contributed by atoms with Gasteiger partial charge in [0.05, 0.1) is 0 Å². The van der Waals surface area contributed by atoms with Gasteiger partial charge in [-0.15, -0.1) is 0 Å². The Kier molecular flexibility index (Phi) is 3.80. The quantitative estimate of drug-likeness (QED) is 0.727. The first-order chi connectivity index (χ1) is 7.74. The number of hydrogen-bond acceptors (Lipinski definition) is 3. The van der Waals surface area contributed by atoms with Crippen LogP contribution in [0.3, 0.4) is 0 Å². The van der Waals surface area contributed by atoms with Gasteiger partial charge >= 0.3 is 0 Å². The Labute approximate surface area is 96.7 Å². The van der Waals surface area contributed by atoms with E-state index in [-0.39, 0.29) is 0 Å². The number of nitrogens with two attached hydrogens (primary N) is 1. The van der Waals surface area contributed by atoms with Gasteiger partial charge in [-0.05, 0) is 43.4 Å². The van der Waals surface area contributed by atoms with Crippen molar-refractivity contribution >= 4 is 0 Å². The van der Waals surface area contributed by atoms with Gasteiger partial charge in [-0.3, -0.25) is 0 Å². The van der Waals surface area contributed by atoms with E-state index < -0.39 is 0 Å². The van der Waals surface area contributed by atoms with Crippen molar-refractivity contribution in [2.24, 2.45) is 5.73 Å². The minimum atomic E-state index is 0.338. The van der Waals surface area contributed by atoms with Gasteiger partial charge in [-0.2, -0.15) is 0 Å². The number of phenols is 1. The minimum Gasteiger partial charge on any atom is -0.508 e. The van der Waals surface area contributed by atoms with Crippen LogP contribution in [0.1, 0.15) is 31.2 Å². The molecule has 1 aromatic carbocycles. The summed E-state index contributed by atoms with van der Waals surface area (Å²) in [5.41, 5.74) is 7.00. The molecule has 1 saturated carbocycles. The highest BCUT2D eigenvalue weighted by atomic mass is 16.3. The summed E-state index contributed by atoms with van der Waals surface area (Å²) >= 11 is 0. The van der Waals surface area contributed by atoms with E-state index in [0.717, 1.165) is 24.9 Å². The maximum atomic E-state index is 9.34. The van der Waals surface area contributed by atoms with Crippen LogP contribution in [0.25, 0.3) is 0 Å². The fraction of sp³-hybridized carbons (Fsp3) is 0.538. The average Bonchev–Trinajstić information content (AvgIpc) is 2.28. The van der Waals surface area contributed by atoms with Crippen molar-refractivity contribution in [1.82, 2.24) is 5.32 Å². The molecule has 1 aromatic rings. The standard InChI is InChI=1S/C13H20N2O/c14-11-4-6-12(7-5-11)15-9-10-2-1-3-13(16)8-10/h1-3,8,11-12,15-16H,4-7,9,14H2. The van der Waals surface area contributed by atoms with Crippen molar-refractivity contribution in [2.45, 2.75) is 44.3 Å². The highest BCUT2D eigenvalue weighted by Crippen LogP contribution is 2.18. The van der Waals surface area contributed by atoms with Crippen LogP contribution in [-0.2, 0) is 6.54 Å². The molecule has 0 saturated heterocycles. The molecule has 3 heteroatoms. The zero-order valence-electron chi connectivity index (χ0n) is 9.52. The van der Waals surface area contributed by atoms with Crippen LogP contribution >= 0.6 is 0 Å². The molecule has 1 fully saturated rings. The topological polar surface area (TPSA) is 58.3 Å². The Morgan fingerprint density at radius 2 is 2.00 bits per heavy atom. The third kappa shape index (κ3) is 3.22. The first-order valence-electron chi connectivity index (χ1n) is 6.01. The molecule has 1 aliphatic rings. The summed E-state index contributed by atoms with van der Waals surface area (Å²) in [4.78, 5) is 0. The van der Waals surface area contributed by atoms with E-state index in [1.54, 1.807) is 6.07 Å². The van der Waals surface area contributed by atoms with Crippen LogP contribution in [0.5, 0.6) is 5.75 Å². The number of aromatic hydroxyl groups is 1. The van der Waals surface area contributed by atoms with Crippen LogP contribution in [0.15, 0.2) is 24.3 Å². The van der Waals surface area contributed by atoms with E-state index in [4.69, 9.17) is 5.73 Å². The molecule has 0 atom stereocenters. The fourth-order valence-electron chi connectivity index (χ4n) is 2.25. The molecule has 0 heterocycles. The summed E-state index contributed by atoms with van der Waals surface area (Å²) in [7, 11) is 0. The van der Waals surface area contributed by atoms with Gasteiger partial charge < -0.3 is 16.2 Å². The maximum Gasteiger partial charge on any atom is 0.115 e. The lowest BCUT2D eigenvalue weighted by Gasteiger charge is -2.26. The fourth-order valence-corrected chi connectivity index (χ4v) is 2.25. The average molecular weight is 220 g/mol. The molecule has 16 heavy (non-hydrogen) atoms. The van der Waals surface area contributed by atoms with Crippen molar-refractivity contribution in [3.63, 3.8) is 0 Å². The molecule has 0 bridgehead atoms. The molecule has 0 aromatic heterocycles. The van der Waals surface area contributed by atoms with Crippen LogP contribution in [0.2, 0.25) is 0 Å². The van der Waals surface area contributed by atoms with E-state index in [9.17, 15) is 5.11 Å². The first-order valence-corrected chi connectivity index (χ1v) is 6.01. The molecule has 1 aliphatic carbocycles. The lowest BCUT2D eigenvalue weighted by Crippen LogP contribution is -2.36. The summed E-state index contributed by atoms with van der Waals surface area (Å²) < 4.78 is 0. The maximum absolute atomic E-state index is 9.34. The number of phenolic OH excluding ortho intramolecular Hbond substituents is 1. The van der Waals surface area contributed by atoms with Crippen molar-refractivity contribution in [2.75, 3.05) is 0 Å². The predicted molar refractivity (Wildman–Crippen MR) is 65.2 cm³/mol. The zero-order valence-corrected chi connectivity index (χ0v) is 9.52. The van der Waals surface area contributed by atoms with Crippen LogP contribution < -0.4 is 11.1 Å². The second kappa shape index (κ2) is 5.32. The van der Waals surface area contributed by atoms with E-state index in [2.05, 4.69) is 5.32 Å². The number of benzene rings is 1. The second-order valence-corrected chi connectivity index (χ2v) is 4.66. The molecular formula is C13H20N2O. The van der Waals surface area contributed by atoms with Gasteiger partial charge in [0, 0.05) is 18.6 Å². The summed E-state index contributed by atoms with van der Waals surface area (Å²) in [5, 5.41) is 12.9. The third-order valence-electron chi connectivity index (χ3n) is 3.28. The summed E-state index contributed by atoms with van der Waals surface area (Å²) in [6.07, 6.45) is 4.58. The van der Waals surface area contributed by atoms with Crippen molar-refractivity contribution in [3.8, 4) is 5.75 Å². The van der Waals surface area contributed by atoms with Crippen molar-refractivity contribution in [1.29, 1.82) is 0 Å². The molecule has 4 N–H and O–H groups in total. The molecular weight excluding hydrogens is 200 g/mol. The normalized spacial score (nSPS) is 25.6. The Morgan fingerprint density at radius 3 is 2.69 bits per heavy atom. The van der Waals surface area contributed by atoms with E-state index >= 15 is 0 Å². The monoisotopic (exact) mass is 220 g/mol. The second-order valence-electron chi connectivity index (χ2n) is 4.66. The van der Waals surface area contributed by atoms with Gasteiger partial charge in [0.25, 0.3) is 0 Å². The predicted octanol–water partition coefficient (Wildman–Crippen LogP) is 1.75. The SMILES string of the molecule is NC1CCC(NCc2cccc(O)c2)CC1. The summed E-state index contributed by atoms with van der Waals surface area (Å²) in [5.74, 6) is 0.338. The Morgan fingerprint density at radius 1 is 1.25 bits per heavy atom. The molecule has 3 nitrogen and oxygen atoms in total. The van der Waals surface area contributed by atoms with Crippen LogP contribution in [0, 0.1) is 0 Å². The van der Waals surface area contributed by atoms with Gasteiger partial charge in [-0.1, -0.05) is 12.1 Å². The lowest BCUT2D eigenvalue weighted by atomic mass is 9.92. The molecule has 2 rings (SSSR count). The van der Waals surface area contributed by atoms with E-state index in [0.29, 0.717) is 17.8 Å². The third-order valence-corrected chi connectivity index (χ3v) is 3.28. The van der Waals surface area contributed by atoms with E-state index in [1.807, 2.05) is 18.2 Å². The largest absolute Gasteiger partial charge is 0.508 e. The Hall–Kier alpha value is -1.06. The highest BCUT2D eigenvalue weighted by molar-refractivity contribution is 5.26. The van der Waals surface area contributed by atoms with Gasteiger partial charge in [0.15, 0.2) is 0 Å². The number of hydrogen-bond donors (Lipinski definition) is 3. The molecule has 88 valence electrons. The molecule has 0 amide bonds. The van der Waals surface area contributed by atoms with Crippen LogP contribution in [0.4, 0.5) is 0 Å². The minimum absolute atomic E-state index is 0.338. The molecule has 0 unspecified atom stereocenters. The molecule has 0 spiro atoms. The summed E-state index contributed by atoms with van der Waals surface area (Å²) in [6, 6.07) is 8.40. The van der Waals surface area contributed by atoms with Gasteiger partial charge in [0.2, 0.25) is 0 Å². The van der Waals surface area contributed by atoms with Crippen LogP contribution in [-0.4, -0.2) is 17.2 Å². The van der Waals surface area contributed by atoms with Gasteiger partial charge in [-0.25, -0.2) is 0 Å². The number of rotatable bonds is 3. The first kappa shape index (κ1) is 11.4. The van der Waals surface area contributed by atoms with Gasteiger partial charge in [0.1, 0.15) is 5.75 Å². The smallest absolute Gasteiger partial charge is 0.115 e. The zero-order chi connectivity index (χ0) is 11.4. The highest BCUT2D eigenvalue weighted by Gasteiger charge is 2.17. The molecule has 0 radical (unpaired) electrons. The Bertz CT molecular complexity index is 332. The van der Waals surface area contributed by atoms with E-state index in [1.165, 1.54) is 12.8 Å². The van der Waals surface area contributed by atoms with Crippen molar-refractivity contribution < 1.29 is 5.11 Å². The Balaban J connectivity index is 1.79.